The van der Waals surface area contributed by atoms with E-state index in [9.17, 15) is 9.59 Å². The highest BCUT2D eigenvalue weighted by atomic mass is 16.5. The first-order valence-corrected chi connectivity index (χ1v) is 11.0. The number of rotatable bonds is 9. The number of carbonyl (C=O) groups excluding carboxylic acids is 1. The van der Waals surface area contributed by atoms with Crippen LogP contribution in [0.2, 0.25) is 0 Å². The van der Waals surface area contributed by atoms with Crippen molar-refractivity contribution < 1.29 is 19.4 Å². The summed E-state index contributed by atoms with van der Waals surface area (Å²) in [5.74, 6) is -0.554. The highest BCUT2D eigenvalue weighted by molar-refractivity contribution is 6.08. The van der Waals surface area contributed by atoms with Gasteiger partial charge >= 0.3 is 5.97 Å². The molecule has 4 aromatic rings. The summed E-state index contributed by atoms with van der Waals surface area (Å²) < 4.78 is 7.33. The molecule has 1 N–H and O–H groups in total. The van der Waals surface area contributed by atoms with E-state index in [-0.39, 0.29) is 5.78 Å². The number of hydrogen-bond acceptors (Lipinski definition) is 3. The first kappa shape index (κ1) is 22.8. The van der Waals surface area contributed by atoms with Gasteiger partial charge in [0.05, 0.1) is 5.69 Å². The van der Waals surface area contributed by atoms with Crippen LogP contribution in [-0.2, 0) is 11.3 Å². The predicted molar refractivity (Wildman–Crippen MR) is 133 cm³/mol. The molecule has 0 aliphatic rings. The van der Waals surface area contributed by atoms with Crippen LogP contribution in [0.15, 0.2) is 103 Å². The summed E-state index contributed by atoms with van der Waals surface area (Å²) in [6.45, 7) is 2.01. The minimum Gasteiger partial charge on any atom is -0.479 e. The number of carbonyl (C=O) groups is 2. The lowest BCUT2D eigenvalue weighted by molar-refractivity contribution is -0.144. The maximum Gasteiger partial charge on any atom is 0.344 e. The lowest BCUT2D eigenvalue weighted by Gasteiger charge is -2.10. The monoisotopic (exact) mass is 451 g/mol. The van der Waals surface area contributed by atoms with Gasteiger partial charge in [-0.15, -0.1) is 0 Å². The Kier molecular flexibility index (Phi) is 7.04. The van der Waals surface area contributed by atoms with Crippen LogP contribution < -0.4 is 4.74 Å². The van der Waals surface area contributed by atoms with E-state index in [0.29, 0.717) is 23.6 Å². The fourth-order valence-electron chi connectivity index (χ4n) is 3.65. The van der Waals surface area contributed by atoms with Crippen molar-refractivity contribution in [2.24, 2.45) is 0 Å². The van der Waals surface area contributed by atoms with E-state index in [0.717, 1.165) is 16.7 Å². The SMILES string of the molecule is C[C@H](Oc1cccc(/C=C/Cn2cccc2C(=O)c2cccc(-c3ccccc3)c2)c1)C(=O)O. The molecule has 0 saturated heterocycles. The van der Waals surface area contributed by atoms with Crippen molar-refractivity contribution in [1.29, 1.82) is 0 Å². The van der Waals surface area contributed by atoms with Crippen LogP contribution in [0, 0.1) is 0 Å². The number of hydrogen-bond donors (Lipinski definition) is 1. The topological polar surface area (TPSA) is 68.5 Å². The molecule has 0 aliphatic carbocycles. The number of ketones is 1. The average molecular weight is 452 g/mol. The van der Waals surface area contributed by atoms with Crippen molar-refractivity contribution in [3.63, 3.8) is 0 Å². The normalized spacial score (nSPS) is 11.9. The zero-order valence-corrected chi connectivity index (χ0v) is 18.8. The van der Waals surface area contributed by atoms with Gasteiger partial charge in [0.1, 0.15) is 5.75 Å². The van der Waals surface area contributed by atoms with Gasteiger partial charge in [0, 0.05) is 18.3 Å². The van der Waals surface area contributed by atoms with E-state index in [1.165, 1.54) is 6.92 Å². The Balaban J connectivity index is 1.47. The van der Waals surface area contributed by atoms with Crippen LogP contribution in [0.5, 0.6) is 5.75 Å². The number of nitrogens with zero attached hydrogens (tertiary/aromatic N) is 1. The summed E-state index contributed by atoms with van der Waals surface area (Å²) in [5.41, 5.74) is 4.21. The number of aromatic nitrogens is 1. The molecular weight excluding hydrogens is 426 g/mol. The van der Waals surface area contributed by atoms with E-state index < -0.39 is 12.1 Å². The van der Waals surface area contributed by atoms with Crippen LogP contribution in [0.25, 0.3) is 17.2 Å². The van der Waals surface area contributed by atoms with E-state index >= 15 is 0 Å². The highest BCUT2D eigenvalue weighted by Crippen LogP contribution is 2.22. The fourth-order valence-corrected chi connectivity index (χ4v) is 3.65. The van der Waals surface area contributed by atoms with E-state index in [1.807, 2.05) is 102 Å². The molecule has 0 amide bonds. The van der Waals surface area contributed by atoms with E-state index in [4.69, 9.17) is 9.84 Å². The lowest BCUT2D eigenvalue weighted by Crippen LogP contribution is -2.22. The molecule has 34 heavy (non-hydrogen) atoms. The van der Waals surface area contributed by atoms with Gasteiger partial charge in [0.15, 0.2) is 6.10 Å². The van der Waals surface area contributed by atoms with Crippen LogP contribution >= 0.6 is 0 Å². The maximum absolute atomic E-state index is 13.2. The van der Waals surface area contributed by atoms with E-state index in [2.05, 4.69) is 0 Å². The number of allylic oxidation sites excluding steroid dienone is 1. The molecule has 0 bridgehead atoms. The molecule has 0 aliphatic heterocycles. The van der Waals surface area contributed by atoms with Gasteiger partial charge in [0.2, 0.25) is 5.78 Å². The first-order chi connectivity index (χ1) is 16.5. The third-order valence-electron chi connectivity index (χ3n) is 5.43. The molecule has 5 heteroatoms. The fraction of sp³-hybridized carbons (Fsp3) is 0.103. The Morgan fingerprint density at radius 3 is 2.47 bits per heavy atom. The smallest absolute Gasteiger partial charge is 0.344 e. The standard InChI is InChI=1S/C29H25NO4/c1-21(29(32)33)34-26-15-5-9-22(19-26)10-7-17-30-18-8-16-27(30)28(31)25-14-6-13-24(20-25)23-11-3-2-4-12-23/h2-16,18-21H,17H2,1H3,(H,32,33)/b10-7+/t21-/m0/s1. The van der Waals surface area contributed by atoms with Crippen molar-refractivity contribution in [3.05, 3.63) is 120 Å². The molecule has 1 atom stereocenters. The van der Waals surface area contributed by atoms with E-state index in [1.54, 1.807) is 12.1 Å². The molecule has 0 radical (unpaired) electrons. The number of benzene rings is 3. The van der Waals surface area contributed by atoms with Gasteiger partial charge in [-0.05, 0) is 53.9 Å². The molecule has 170 valence electrons. The van der Waals surface area contributed by atoms with Crippen molar-refractivity contribution >= 4 is 17.8 Å². The van der Waals surface area contributed by atoms with Gasteiger partial charge < -0.3 is 14.4 Å². The minimum absolute atomic E-state index is 0.0331. The van der Waals surface area contributed by atoms with Crippen molar-refractivity contribution in [1.82, 2.24) is 4.57 Å². The van der Waals surface area contributed by atoms with Crippen molar-refractivity contribution in [3.8, 4) is 16.9 Å². The van der Waals surface area contributed by atoms with Crippen molar-refractivity contribution in [2.45, 2.75) is 19.6 Å². The van der Waals surface area contributed by atoms with Gasteiger partial charge in [-0.25, -0.2) is 4.79 Å². The molecule has 3 aromatic carbocycles. The first-order valence-electron chi connectivity index (χ1n) is 11.0. The molecule has 0 unspecified atom stereocenters. The molecule has 1 aromatic heterocycles. The Morgan fingerprint density at radius 1 is 0.912 bits per heavy atom. The quantitative estimate of drug-likeness (QED) is 0.319. The summed E-state index contributed by atoms with van der Waals surface area (Å²) in [7, 11) is 0. The maximum atomic E-state index is 13.2. The van der Waals surface area contributed by atoms with Crippen molar-refractivity contribution in [2.75, 3.05) is 0 Å². The molecule has 5 nitrogen and oxygen atoms in total. The molecule has 0 fully saturated rings. The minimum atomic E-state index is -1.01. The van der Waals surface area contributed by atoms with Crippen LogP contribution in [0.3, 0.4) is 0 Å². The molecule has 4 rings (SSSR count). The Hall–Kier alpha value is -4.38. The van der Waals surface area contributed by atoms with Gasteiger partial charge in [0.25, 0.3) is 0 Å². The highest BCUT2D eigenvalue weighted by Gasteiger charge is 2.14. The zero-order valence-electron chi connectivity index (χ0n) is 18.8. The summed E-state index contributed by atoms with van der Waals surface area (Å²) in [5, 5.41) is 9.02. The third kappa shape index (κ3) is 5.51. The predicted octanol–water partition coefficient (Wildman–Crippen LogP) is 5.95. The second-order valence-electron chi connectivity index (χ2n) is 7.89. The second kappa shape index (κ2) is 10.5. The lowest BCUT2D eigenvalue weighted by atomic mass is 10.0. The number of aliphatic carboxylic acids is 1. The van der Waals surface area contributed by atoms with Crippen LogP contribution in [-0.4, -0.2) is 27.5 Å². The number of carboxylic acid groups (broad SMARTS) is 1. The summed E-state index contributed by atoms with van der Waals surface area (Å²) >= 11 is 0. The van der Waals surface area contributed by atoms with Crippen LogP contribution in [0.1, 0.15) is 28.5 Å². The van der Waals surface area contributed by atoms with Gasteiger partial charge in [-0.3, -0.25) is 4.79 Å². The average Bonchev–Trinajstić information content (AvgIpc) is 3.33. The molecule has 0 spiro atoms. The van der Waals surface area contributed by atoms with Gasteiger partial charge in [-0.2, -0.15) is 0 Å². The summed E-state index contributed by atoms with van der Waals surface area (Å²) in [6, 6.07) is 28.6. The third-order valence-corrected chi connectivity index (χ3v) is 5.43. The number of carboxylic acids is 1. The van der Waals surface area contributed by atoms with Gasteiger partial charge in [-0.1, -0.05) is 72.8 Å². The Labute approximate surface area is 198 Å². The summed E-state index contributed by atoms with van der Waals surface area (Å²) in [6.07, 6.45) is 4.83. The Morgan fingerprint density at radius 2 is 1.68 bits per heavy atom. The zero-order chi connectivity index (χ0) is 23.9. The summed E-state index contributed by atoms with van der Waals surface area (Å²) in [4.78, 5) is 24.2. The second-order valence-corrected chi connectivity index (χ2v) is 7.89. The van der Waals surface area contributed by atoms with Crippen LogP contribution in [0.4, 0.5) is 0 Å². The molecule has 0 saturated carbocycles. The number of ether oxygens (including phenoxy) is 1. The largest absolute Gasteiger partial charge is 0.479 e. The molecular formula is C29H25NO4. The Bertz CT molecular complexity index is 1320. The molecule has 1 heterocycles.